The number of halogens is 3. The first kappa shape index (κ1) is 12.8. The minimum Gasteiger partial charge on any atom is -0.367 e. The molecular formula is C14H17F3N2. The maximum atomic E-state index is 13.2. The predicted molar refractivity (Wildman–Crippen MR) is 68.4 cm³/mol. The number of hydrogen-bond acceptors (Lipinski definition) is 2. The molecule has 2 unspecified atom stereocenters. The molecule has 2 aliphatic heterocycles. The highest BCUT2D eigenvalue weighted by molar-refractivity contribution is 5.64. The third kappa shape index (κ3) is 2.10. The van der Waals surface area contributed by atoms with Gasteiger partial charge in [-0.1, -0.05) is 18.2 Å². The van der Waals surface area contributed by atoms with E-state index in [4.69, 9.17) is 0 Å². The molecule has 104 valence electrons. The molecule has 2 heterocycles. The molecule has 2 nitrogen and oxygen atoms in total. The van der Waals surface area contributed by atoms with Crippen molar-refractivity contribution in [1.29, 1.82) is 0 Å². The molecular weight excluding hydrogens is 253 g/mol. The highest BCUT2D eigenvalue weighted by Gasteiger charge is 2.45. The second kappa shape index (κ2) is 4.40. The van der Waals surface area contributed by atoms with Crippen molar-refractivity contribution >= 4 is 5.69 Å². The van der Waals surface area contributed by atoms with Gasteiger partial charge in [0.05, 0.1) is 5.92 Å². The molecule has 0 saturated heterocycles. The Labute approximate surface area is 110 Å². The largest absolute Gasteiger partial charge is 0.395 e. The molecule has 3 rings (SSSR count). The van der Waals surface area contributed by atoms with Gasteiger partial charge in [0.25, 0.3) is 0 Å². The van der Waals surface area contributed by atoms with Crippen molar-refractivity contribution in [2.45, 2.75) is 38.0 Å². The summed E-state index contributed by atoms with van der Waals surface area (Å²) in [7, 11) is 0. The van der Waals surface area contributed by atoms with Crippen molar-refractivity contribution in [1.82, 2.24) is 5.32 Å². The Bertz CT molecular complexity index is 484. The molecule has 5 heteroatoms. The Hall–Kier alpha value is -1.23. The van der Waals surface area contributed by atoms with Gasteiger partial charge >= 0.3 is 6.18 Å². The van der Waals surface area contributed by atoms with Gasteiger partial charge in [0.1, 0.15) is 0 Å². The number of benzene rings is 1. The molecule has 1 aromatic rings. The van der Waals surface area contributed by atoms with Gasteiger partial charge < -0.3 is 10.2 Å². The molecule has 0 fully saturated rings. The fourth-order valence-electron chi connectivity index (χ4n) is 3.23. The highest BCUT2D eigenvalue weighted by atomic mass is 19.4. The second-order valence-corrected chi connectivity index (χ2v) is 5.41. The molecule has 0 saturated carbocycles. The first-order valence-corrected chi connectivity index (χ1v) is 6.64. The SMILES string of the molecule is CC1CNCc2cccc3c2N1CCC3C(F)(F)F. The third-order valence-electron chi connectivity index (χ3n) is 4.15. The topological polar surface area (TPSA) is 15.3 Å². The van der Waals surface area contributed by atoms with Crippen molar-refractivity contribution in [2.75, 3.05) is 18.0 Å². The maximum absolute atomic E-state index is 13.2. The van der Waals surface area contributed by atoms with E-state index < -0.39 is 12.1 Å². The average molecular weight is 270 g/mol. The zero-order valence-electron chi connectivity index (χ0n) is 10.8. The minimum atomic E-state index is -4.15. The molecule has 0 bridgehead atoms. The van der Waals surface area contributed by atoms with Gasteiger partial charge in [-0.3, -0.25) is 0 Å². The monoisotopic (exact) mass is 270 g/mol. The van der Waals surface area contributed by atoms with Crippen LogP contribution in [0.5, 0.6) is 0 Å². The van der Waals surface area contributed by atoms with Crippen LogP contribution in [0.2, 0.25) is 0 Å². The van der Waals surface area contributed by atoms with E-state index in [0.717, 1.165) is 17.8 Å². The van der Waals surface area contributed by atoms with Gasteiger partial charge in [-0.15, -0.1) is 0 Å². The Morgan fingerprint density at radius 3 is 2.84 bits per heavy atom. The summed E-state index contributed by atoms with van der Waals surface area (Å²) in [6.45, 7) is 4.00. The molecule has 0 aromatic heterocycles. The summed E-state index contributed by atoms with van der Waals surface area (Å²) in [6.07, 6.45) is -3.99. The number of nitrogens with one attached hydrogen (secondary N) is 1. The van der Waals surface area contributed by atoms with Crippen LogP contribution in [0.4, 0.5) is 18.9 Å². The van der Waals surface area contributed by atoms with Crippen LogP contribution in [-0.4, -0.2) is 25.3 Å². The molecule has 1 aromatic carbocycles. The number of para-hydroxylation sites is 1. The summed E-state index contributed by atoms with van der Waals surface area (Å²) in [5, 5.41) is 3.30. The van der Waals surface area contributed by atoms with Crippen molar-refractivity contribution < 1.29 is 13.2 Å². The van der Waals surface area contributed by atoms with E-state index in [2.05, 4.69) is 17.1 Å². The Morgan fingerprint density at radius 2 is 2.11 bits per heavy atom. The third-order valence-corrected chi connectivity index (χ3v) is 4.15. The lowest BCUT2D eigenvalue weighted by Gasteiger charge is -2.39. The van der Waals surface area contributed by atoms with Crippen LogP contribution >= 0.6 is 0 Å². The molecule has 2 atom stereocenters. The van der Waals surface area contributed by atoms with Crippen LogP contribution in [0, 0.1) is 0 Å². The van der Waals surface area contributed by atoms with E-state index >= 15 is 0 Å². The Morgan fingerprint density at radius 1 is 1.32 bits per heavy atom. The van der Waals surface area contributed by atoms with Gasteiger partial charge in [-0.05, 0) is 24.5 Å². The van der Waals surface area contributed by atoms with Crippen molar-refractivity contribution in [3.63, 3.8) is 0 Å². The van der Waals surface area contributed by atoms with Crippen molar-refractivity contribution in [2.24, 2.45) is 0 Å². The summed E-state index contributed by atoms with van der Waals surface area (Å²) < 4.78 is 39.5. The summed E-state index contributed by atoms with van der Waals surface area (Å²) in [5.74, 6) is -1.32. The number of anilines is 1. The van der Waals surface area contributed by atoms with E-state index in [9.17, 15) is 13.2 Å². The number of hydrogen-bond donors (Lipinski definition) is 1. The van der Waals surface area contributed by atoms with Crippen molar-refractivity contribution in [3.05, 3.63) is 29.3 Å². The lowest BCUT2D eigenvalue weighted by molar-refractivity contribution is -0.152. The smallest absolute Gasteiger partial charge is 0.367 e. The standard InChI is InChI=1S/C14H17F3N2/c1-9-7-18-8-10-3-2-4-11-12(14(15,16)17)5-6-19(9)13(10)11/h2-4,9,12,18H,5-8H2,1H3. The first-order chi connectivity index (χ1) is 8.98. The van der Waals surface area contributed by atoms with Crippen LogP contribution < -0.4 is 10.2 Å². The van der Waals surface area contributed by atoms with Crippen LogP contribution in [-0.2, 0) is 6.54 Å². The van der Waals surface area contributed by atoms with Crippen LogP contribution in [0.15, 0.2) is 18.2 Å². The van der Waals surface area contributed by atoms with E-state index in [1.54, 1.807) is 12.1 Å². The Balaban J connectivity index is 2.13. The van der Waals surface area contributed by atoms with Gasteiger partial charge in [-0.25, -0.2) is 0 Å². The van der Waals surface area contributed by atoms with Gasteiger partial charge in [0, 0.05) is 31.4 Å². The van der Waals surface area contributed by atoms with Gasteiger partial charge in [0.15, 0.2) is 0 Å². The summed E-state index contributed by atoms with van der Waals surface area (Å²) in [5.41, 5.74) is 2.25. The Kier molecular flexibility index (Phi) is 2.96. The number of alkyl halides is 3. The highest BCUT2D eigenvalue weighted by Crippen LogP contribution is 2.46. The van der Waals surface area contributed by atoms with E-state index in [0.29, 0.717) is 18.7 Å². The average Bonchev–Trinajstić information content (AvgIpc) is 2.51. The molecule has 19 heavy (non-hydrogen) atoms. The number of rotatable bonds is 0. The summed E-state index contributed by atoms with van der Waals surface area (Å²) >= 11 is 0. The maximum Gasteiger partial charge on any atom is 0.395 e. The molecule has 0 amide bonds. The molecule has 2 aliphatic rings. The van der Waals surface area contributed by atoms with Crippen LogP contribution in [0.3, 0.4) is 0 Å². The van der Waals surface area contributed by atoms with Crippen molar-refractivity contribution in [3.8, 4) is 0 Å². The van der Waals surface area contributed by atoms with E-state index in [1.165, 1.54) is 0 Å². The molecule has 0 spiro atoms. The minimum absolute atomic E-state index is 0.157. The molecule has 0 radical (unpaired) electrons. The number of nitrogens with zero attached hydrogens (tertiary/aromatic N) is 1. The zero-order valence-corrected chi connectivity index (χ0v) is 10.8. The lowest BCUT2D eigenvalue weighted by atomic mass is 9.87. The summed E-state index contributed by atoms with van der Waals surface area (Å²) in [6, 6.07) is 5.54. The van der Waals surface area contributed by atoms with Gasteiger partial charge in [-0.2, -0.15) is 13.2 Å². The molecule has 1 N–H and O–H groups in total. The fraction of sp³-hybridized carbons (Fsp3) is 0.571. The van der Waals surface area contributed by atoms with Gasteiger partial charge in [0.2, 0.25) is 0 Å². The van der Waals surface area contributed by atoms with E-state index in [-0.39, 0.29) is 12.5 Å². The van der Waals surface area contributed by atoms with Crippen LogP contribution in [0.1, 0.15) is 30.4 Å². The quantitative estimate of drug-likeness (QED) is 0.779. The predicted octanol–water partition coefficient (Wildman–Crippen LogP) is 3.03. The molecule has 0 aliphatic carbocycles. The first-order valence-electron chi connectivity index (χ1n) is 6.64. The fourth-order valence-corrected chi connectivity index (χ4v) is 3.23. The van der Waals surface area contributed by atoms with Crippen LogP contribution in [0.25, 0.3) is 0 Å². The second-order valence-electron chi connectivity index (χ2n) is 5.41. The summed E-state index contributed by atoms with van der Waals surface area (Å²) in [4.78, 5) is 2.13. The normalized spacial score (nSPS) is 26.8. The zero-order chi connectivity index (χ0) is 13.6. The van der Waals surface area contributed by atoms with E-state index in [1.807, 2.05) is 6.07 Å². The lowest BCUT2D eigenvalue weighted by Crippen LogP contribution is -2.43.